The van der Waals surface area contributed by atoms with E-state index in [1.54, 1.807) is 0 Å². The number of hydrogen-bond acceptors (Lipinski definition) is 9. The van der Waals surface area contributed by atoms with Gasteiger partial charge in [-0.25, -0.2) is 13.2 Å². The lowest BCUT2D eigenvalue weighted by Crippen LogP contribution is -2.51. The van der Waals surface area contributed by atoms with E-state index >= 15 is 0 Å². The van der Waals surface area contributed by atoms with Crippen molar-refractivity contribution in [3.05, 3.63) is 60.2 Å². The van der Waals surface area contributed by atoms with Crippen LogP contribution in [0.3, 0.4) is 0 Å². The highest BCUT2D eigenvalue weighted by atomic mass is 32.2. The molecular weight excluding hydrogens is 603 g/mol. The van der Waals surface area contributed by atoms with Crippen molar-refractivity contribution in [3.8, 4) is 5.75 Å². The van der Waals surface area contributed by atoms with E-state index in [0.29, 0.717) is 13.0 Å². The number of carbonyl (C=O) groups excluding carboxylic acids is 1. The molecule has 4 rings (SSSR count). The zero-order chi connectivity index (χ0) is 31.2. The molecule has 1 amide bonds. The minimum atomic E-state index is -4.48. The predicted molar refractivity (Wildman–Crippen MR) is 155 cm³/mol. The van der Waals surface area contributed by atoms with Gasteiger partial charge in [0.1, 0.15) is 11.9 Å². The molecule has 2 aromatic carbocycles. The molecule has 2 aliphatic heterocycles. The lowest BCUT2D eigenvalue weighted by molar-refractivity contribution is -0.0907. The van der Waals surface area contributed by atoms with E-state index in [-0.39, 0.29) is 48.6 Å². The molecule has 13 nitrogen and oxygen atoms in total. The molecule has 0 spiro atoms. The Morgan fingerprint density at radius 2 is 1.86 bits per heavy atom. The zero-order valence-electron chi connectivity index (χ0n) is 24.0. The standard InChI is InChI=1S/C28H39N2O11PS/c1-19(2)15-30(43(36,37)22-10-6-9-21(14-22)40-18-42(33,34)35)16-25(31)24(13-20-7-4-3-5-8-20)29-28(32)41-26-17-39-27-23(26)11-12-38-27/h3-10,14,19,23-27,31H,11-13,15-18H2,1-2H3,(H,29,32)(H2,33,34,35)/t23-,24-,25+,26-,27+/m0/s1. The molecule has 0 unspecified atom stereocenters. The molecule has 2 aromatic rings. The second-order valence-corrected chi connectivity index (χ2v) is 14.6. The number of aliphatic hydroxyl groups excluding tert-OH is 1. The molecule has 4 N–H and O–H groups in total. The normalized spacial score (nSPS) is 21.9. The Bertz CT molecular complexity index is 1370. The van der Waals surface area contributed by atoms with E-state index in [1.807, 2.05) is 44.2 Å². The van der Waals surface area contributed by atoms with Crippen molar-refractivity contribution in [1.82, 2.24) is 9.62 Å². The Balaban J connectivity index is 1.52. The Morgan fingerprint density at radius 1 is 1.12 bits per heavy atom. The molecule has 15 heteroatoms. The molecule has 2 fully saturated rings. The van der Waals surface area contributed by atoms with Gasteiger partial charge in [-0.15, -0.1) is 0 Å². The van der Waals surface area contributed by atoms with E-state index in [4.69, 9.17) is 28.7 Å². The average molecular weight is 643 g/mol. The average Bonchev–Trinajstić information content (AvgIpc) is 3.56. The molecule has 2 aliphatic rings. The van der Waals surface area contributed by atoms with Crippen molar-refractivity contribution in [3.63, 3.8) is 0 Å². The van der Waals surface area contributed by atoms with E-state index in [2.05, 4.69) is 5.32 Å². The van der Waals surface area contributed by atoms with Gasteiger partial charge in [0, 0.05) is 19.2 Å². The monoisotopic (exact) mass is 642 g/mol. The van der Waals surface area contributed by atoms with Crippen molar-refractivity contribution in [2.24, 2.45) is 11.8 Å². The molecule has 0 radical (unpaired) electrons. The van der Waals surface area contributed by atoms with Crippen LogP contribution in [0.25, 0.3) is 0 Å². The summed E-state index contributed by atoms with van der Waals surface area (Å²) >= 11 is 0. The van der Waals surface area contributed by atoms with Crippen LogP contribution in [0.1, 0.15) is 25.8 Å². The fourth-order valence-electron chi connectivity index (χ4n) is 5.07. The molecule has 5 atom stereocenters. The van der Waals surface area contributed by atoms with E-state index in [9.17, 15) is 22.9 Å². The van der Waals surface area contributed by atoms with E-state index in [1.165, 1.54) is 24.3 Å². The molecular formula is C28H39N2O11PS. The molecule has 0 aliphatic carbocycles. The second kappa shape index (κ2) is 14.5. The number of nitrogens with zero attached hydrogens (tertiary/aromatic N) is 1. The summed E-state index contributed by atoms with van der Waals surface area (Å²) in [7, 11) is -8.69. The first-order valence-corrected chi connectivity index (χ1v) is 17.3. The van der Waals surface area contributed by atoms with Gasteiger partial charge in [-0.1, -0.05) is 50.2 Å². The molecule has 0 saturated carbocycles. The van der Waals surface area contributed by atoms with Crippen LogP contribution in [0.4, 0.5) is 4.79 Å². The summed E-state index contributed by atoms with van der Waals surface area (Å²) in [5.74, 6) is -0.228. The van der Waals surface area contributed by atoms with Crippen LogP contribution in [0.5, 0.6) is 5.75 Å². The first-order valence-electron chi connectivity index (χ1n) is 14.0. The fraction of sp³-hybridized carbons (Fsp3) is 0.536. The van der Waals surface area contributed by atoms with Gasteiger partial charge in [0.05, 0.1) is 36.2 Å². The third kappa shape index (κ3) is 9.47. The number of aliphatic hydroxyl groups is 1. The quantitative estimate of drug-likeness (QED) is 0.222. The largest absolute Gasteiger partial charge is 0.481 e. The third-order valence-corrected chi connectivity index (χ3v) is 9.40. The summed E-state index contributed by atoms with van der Waals surface area (Å²) in [6.07, 6.45) is -3.00. The number of benzene rings is 2. The summed E-state index contributed by atoms with van der Waals surface area (Å²) in [6.45, 7) is 4.08. The van der Waals surface area contributed by atoms with Gasteiger partial charge in [0.2, 0.25) is 10.0 Å². The number of amides is 1. The highest BCUT2D eigenvalue weighted by Gasteiger charge is 2.44. The lowest BCUT2D eigenvalue weighted by atomic mass is 10.0. The minimum Gasteiger partial charge on any atom is -0.481 e. The van der Waals surface area contributed by atoms with Crippen LogP contribution in [-0.2, 0) is 35.2 Å². The maximum Gasteiger partial charge on any atom is 0.407 e. The maximum atomic E-state index is 13.8. The Hall–Kier alpha value is -2.55. The van der Waals surface area contributed by atoms with Crippen LogP contribution >= 0.6 is 7.60 Å². The van der Waals surface area contributed by atoms with Crippen molar-refractivity contribution in [2.45, 2.75) is 56.1 Å². The second-order valence-electron chi connectivity index (χ2n) is 11.1. The number of nitrogens with one attached hydrogen (secondary N) is 1. The molecule has 238 valence electrons. The number of sulfonamides is 1. The van der Waals surface area contributed by atoms with Gasteiger partial charge in [-0.3, -0.25) is 4.57 Å². The third-order valence-electron chi connectivity index (χ3n) is 7.11. The molecule has 0 aromatic heterocycles. The number of fused-ring (bicyclic) bond motifs is 1. The lowest BCUT2D eigenvalue weighted by Gasteiger charge is -2.31. The summed E-state index contributed by atoms with van der Waals surface area (Å²) in [4.78, 5) is 31.1. The van der Waals surface area contributed by atoms with Crippen molar-refractivity contribution >= 4 is 23.7 Å². The van der Waals surface area contributed by atoms with Crippen LogP contribution in [-0.4, -0.2) is 90.9 Å². The Morgan fingerprint density at radius 3 is 2.56 bits per heavy atom. The topological polar surface area (TPSA) is 181 Å². The summed E-state index contributed by atoms with van der Waals surface area (Å²) in [5, 5.41) is 14.2. The van der Waals surface area contributed by atoms with Crippen LogP contribution < -0.4 is 10.1 Å². The highest BCUT2D eigenvalue weighted by molar-refractivity contribution is 7.89. The van der Waals surface area contributed by atoms with Gasteiger partial charge < -0.3 is 39.2 Å². The number of rotatable bonds is 14. The SMILES string of the molecule is CC(C)CN(C[C@@H](O)[C@H](Cc1ccccc1)NC(=O)O[C@H]1CO[C@H]2OCC[C@H]21)S(=O)(=O)c1cccc(OCP(=O)(O)O)c1. The van der Waals surface area contributed by atoms with Gasteiger partial charge in [-0.2, -0.15) is 4.31 Å². The smallest absolute Gasteiger partial charge is 0.407 e. The van der Waals surface area contributed by atoms with Gasteiger partial charge >= 0.3 is 13.7 Å². The molecule has 0 bridgehead atoms. The minimum absolute atomic E-state index is 0.0356. The van der Waals surface area contributed by atoms with E-state index in [0.717, 1.165) is 9.87 Å². The van der Waals surface area contributed by atoms with Crippen molar-refractivity contribution < 1.29 is 51.6 Å². The van der Waals surface area contributed by atoms with Crippen molar-refractivity contribution in [2.75, 3.05) is 32.7 Å². The van der Waals surface area contributed by atoms with Crippen LogP contribution in [0.15, 0.2) is 59.5 Å². The first kappa shape index (κ1) is 33.3. The predicted octanol–water partition coefficient (Wildman–Crippen LogP) is 2.31. The van der Waals surface area contributed by atoms with Crippen LogP contribution in [0, 0.1) is 11.8 Å². The summed E-state index contributed by atoms with van der Waals surface area (Å²) in [6, 6.07) is 13.5. The highest BCUT2D eigenvalue weighted by Crippen LogP contribution is 2.35. The van der Waals surface area contributed by atoms with E-state index < -0.39 is 54.6 Å². The zero-order valence-corrected chi connectivity index (χ0v) is 25.7. The van der Waals surface area contributed by atoms with Gasteiger partial charge in [0.15, 0.2) is 12.6 Å². The molecule has 2 saturated heterocycles. The number of carbonyl (C=O) groups is 1. The maximum absolute atomic E-state index is 13.8. The van der Waals surface area contributed by atoms with Gasteiger partial charge in [0.25, 0.3) is 0 Å². The molecule has 43 heavy (non-hydrogen) atoms. The fourth-order valence-corrected chi connectivity index (χ4v) is 7.04. The number of ether oxygens (including phenoxy) is 4. The van der Waals surface area contributed by atoms with Crippen molar-refractivity contribution in [1.29, 1.82) is 0 Å². The first-order chi connectivity index (χ1) is 20.3. The Kier molecular flexibility index (Phi) is 11.2. The summed E-state index contributed by atoms with van der Waals surface area (Å²) in [5.41, 5.74) is 0.813. The van der Waals surface area contributed by atoms with Crippen LogP contribution in [0.2, 0.25) is 0 Å². The summed E-state index contributed by atoms with van der Waals surface area (Å²) < 4.78 is 61.7. The Labute approximate surface area is 251 Å². The van der Waals surface area contributed by atoms with Gasteiger partial charge in [-0.05, 0) is 36.5 Å². The molecule has 2 heterocycles. The number of hydrogen-bond donors (Lipinski definition) is 4. The number of alkyl carbamates (subject to hydrolysis) is 1.